The molecule has 2 nitrogen and oxygen atoms in total. The summed E-state index contributed by atoms with van der Waals surface area (Å²) < 4.78 is 5.51. The van der Waals surface area contributed by atoms with Crippen LogP contribution in [0.25, 0.3) is 0 Å². The highest BCUT2D eigenvalue weighted by atomic mass is 35.5. The van der Waals surface area contributed by atoms with Crippen LogP contribution < -0.4 is 5.32 Å². The SMILES string of the molecule is CNC(c1cccc(Cl)c1)c1occc1C. The van der Waals surface area contributed by atoms with Gasteiger partial charge in [0, 0.05) is 5.02 Å². The van der Waals surface area contributed by atoms with Gasteiger partial charge in [-0.25, -0.2) is 0 Å². The third-order valence-electron chi connectivity index (χ3n) is 2.63. The summed E-state index contributed by atoms with van der Waals surface area (Å²) in [5.41, 5.74) is 2.24. The summed E-state index contributed by atoms with van der Waals surface area (Å²) in [6.07, 6.45) is 1.71. The van der Waals surface area contributed by atoms with E-state index in [0.717, 1.165) is 21.9 Å². The lowest BCUT2D eigenvalue weighted by Gasteiger charge is -2.15. The second-order valence-corrected chi connectivity index (χ2v) is 4.18. The molecule has 1 aromatic heterocycles. The maximum atomic E-state index is 5.99. The molecule has 1 heterocycles. The first-order valence-corrected chi connectivity index (χ1v) is 5.57. The Hall–Kier alpha value is -1.25. The largest absolute Gasteiger partial charge is 0.467 e. The van der Waals surface area contributed by atoms with Gasteiger partial charge in [-0.1, -0.05) is 23.7 Å². The fourth-order valence-electron chi connectivity index (χ4n) is 1.82. The van der Waals surface area contributed by atoms with E-state index in [1.54, 1.807) is 6.26 Å². The smallest absolute Gasteiger partial charge is 0.128 e. The van der Waals surface area contributed by atoms with Crippen LogP contribution >= 0.6 is 11.6 Å². The standard InChI is InChI=1S/C13H14ClNO/c1-9-6-7-16-13(9)12(15-2)10-4-3-5-11(14)8-10/h3-8,12,15H,1-2H3. The van der Waals surface area contributed by atoms with Crippen molar-refractivity contribution >= 4 is 11.6 Å². The van der Waals surface area contributed by atoms with E-state index in [-0.39, 0.29) is 6.04 Å². The van der Waals surface area contributed by atoms with Crippen molar-refractivity contribution in [3.63, 3.8) is 0 Å². The molecule has 0 radical (unpaired) electrons. The van der Waals surface area contributed by atoms with Crippen LogP contribution in [0.2, 0.25) is 5.02 Å². The fraction of sp³-hybridized carbons (Fsp3) is 0.231. The van der Waals surface area contributed by atoms with Gasteiger partial charge in [0.05, 0.1) is 12.3 Å². The quantitative estimate of drug-likeness (QED) is 0.880. The third kappa shape index (κ3) is 2.13. The molecule has 1 unspecified atom stereocenters. The minimum atomic E-state index is 0.0497. The lowest BCUT2D eigenvalue weighted by Crippen LogP contribution is -2.17. The molecule has 0 bridgehead atoms. The number of rotatable bonds is 3. The number of hydrogen-bond donors (Lipinski definition) is 1. The first-order chi connectivity index (χ1) is 7.72. The van der Waals surface area contributed by atoms with Gasteiger partial charge in [-0.2, -0.15) is 0 Å². The molecule has 1 aromatic carbocycles. The maximum absolute atomic E-state index is 5.99. The average molecular weight is 236 g/mol. The Morgan fingerprint density at radius 3 is 2.69 bits per heavy atom. The van der Waals surface area contributed by atoms with Crippen LogP contribution in [0.1, 0.15) is 22.9 Å². The van der Waals surface area contributed by atoms with Gasteiger partial charge in [-0.15, -0.1) is 0 Å². The van der Waals surface area contributed by atoms with Gasteiger partial charge in [0.25, 0.3) is 0 Å². The average Bonchev–Trinajstić information content (AvgIpc) is 2.67. The minimum absolute atomic E-state index is 0.0497. The lowest BCUT2D eigenvalue weighted by molar-refractivity contribution is 0.460. The minimum Gasteiger partial charge on any atom is -0.467 e. The second kappa shape index (κ2) is 4.73. The molecule has 0 aliphatic carbocycles. The molecule has 0 saturated carbocycles. The molecule has 0 amide bonds. The van der Waals surface area contributed by atoms with Crippen LogP contribution in [0, 0.1) is 6.92 Å². The van der Waals surface area contributed by atoms with Crippen molar-refractivity contribution in [1.29, 1.82) is 0 Å². The number of benzene rings is 1. The molecule has 0 spiro atoms. The van der Waals surface area contributed by atoms with Crippen molar-refractivity contribution < 1.29 is 4.42 Å². The number of halogens is 1. The Labute approximate surface area is 100 Å². The summed E-state index contributed by atoms with van der Waals surface area (Å²) >= 11 is 5.99. The molecule has 2 rings (SSSR count). The monoisotopic (exact) mass is 235 g/mol. The van der Waals surface area contributed by atoms with Crippen LogP contribution in [-0.2, 0) is 0 Å². The number of aryl methyl sites for hydroxylation is 1. The normalized spacial score (nSPS) is 12.7. The van der Waals surface area contributed by atoms with E-state index in [1.165, 1.54) is 0 Å². The first kappa shape index (κ1) is 11.2. The topological polar surface area (TPSA) is 25.2 Å². The molecule has 1 atom stereocenters. The molecular formula is C13H14ClNO. The summed E-state index contributed by atoms with van der Waals surface area (Å²) in [5, 5.41) is 3.97. The van der Waals surface area contributed by atoms with Gasteiger partial charge in [-0.05, 0) is 43.3 Å². The van der Waals surface area contributed by atoms with Gasteiger partial charge < -0.3 is 9.73 Å². The van der Waals surface area contributed by atoms with E-state index in [9.17, 15) is 0 Å². The van der Waals surface area contributed by atoms with E-state index < -0.39 is 0 Å². The Morgan fingerprint density at radius 1 is 1.31 bits per heavy atom. The summed E-state index contributed by atoms with van der Waals surface area (Å²) in [5.74, 6) is 0.935. The summed E-state index contributed by atoms with van der Waals surface area (Å²) in [4.78, 5) is 0. The van der Waals surface area contributed by atoms with E-state index >= 15 is 0 Å². The van der Waals surface area contributed by atoms with Crippen molar-refractivity contribution in [1.82, 2.24) is 5.32 Å². The van der Waals surface area contributed by atoms with Crippen molar-refractivity contribution in [2.45, 2.75) is 13.0 Å². The number of hydrogen-bond acceptors (Lipinski definition) is 2. The zero-order chi connectivity index (χ0) is 11.5. The lowest BCUT2D eigenvalue weighted by atomic mass is 10.0. The Bertz CT molecular complexity index is 478. The number of nitrogens with one attached hydrogen (secondary N) is 1. The second-order valence-electron chi connectivity index (χ2n) is 3.74. The molecule has 2 aromatic rings. The highest BCUT2D eigenvalue weighted by Crippen LogP contribution is 2.26. The zero-order valence-electron chi connectivity index (χ0n) is 9.33. The summed E-state index contributed by atoms with van der Waals surface area (Å²) in [7, 11) is 1.91. The van der Waals surface area contributed by atoms with E-state index in [4.69, 9.17) is 16.0 Å². The van der Waals surface area contributed by atoms with Gasteiger partial charge in [0.15, 0.2) is 0 Å². The molecule has 3 heteroatoms. The Balaban J connectivity index is 2.40. The van der Waals surface area contributed by atoms with Crippen molar-refractivity contribution in [3.8, 4) is 0 Å². The zero-order valence-corrected chi connectivity index (χ0v) is 10.1. The molecule has 0 aliphatic heterocycles. The molecular weight excluding hydrogens is 222 g/mol. The molecule has 0 fully saturated rings. The Kier molecular flexibility index (Phi) is 3.32. The molecule has 84 valence electrons. The third-order valence-corrected chi connectivity index (χ3v) is 2.87. The Morgan fingerprint density at radius 2 is 2.12 bits per heavy atom. The predicted molar refractivity (Wildman–Crippen MR) is 65.8 cm³/mol. The van der Waals surface area contributed by atoms with Crippen LogP contribution in [0.3, 0.4) is 0 Å². The highest BCUT2D eigenvalue weighted by Gasteiger charge is 2.17. The highest BCUT2D eigenvalue weighted by molar-refractivity contribution is 6.30. The van der Waals surface area contributed by atoms with Crippen LogP contribution in [0.5, 0.6) is 0 Å². The van der Waals surface area contributed by atoms with Gasteiger partial charge in [0.1, 0.15) is 5.76 Å². The molecule has 1 N–H and O–H groups in total. The van der Waals surface area contributed by atoms with Crippen molar-refractivity contribution in [2.75, 3.05) is 7.05 Å². The first-order valence-electron chi connectivity index (χ1n) is 5.19. The van der Waals surface area contributed by atoms with Crippen molar-refractivity contribution in [3.05, 3.63) is 58.5 Å². The van der Waals surface area contributed by atoms with E-state index in [2.05, 4.69) is 5.32 Å². The van der Waals surface area contributed by atoms with Crippen LogP contribution in [-0.4, -0.2) is 7.05 Å². The van der Waals surface area contributed by atoms with E-state index in [1.807, 2.05) is 44.3 Å². The maximum Gasteiger partial charge on any atom is 0.128 e. The van der Waals surface area contributed by atoms with Crippen LogP contribution in [0.15, 0.2) is 41.0 Å². The summed E-state index contributed by atoms with van der Waals surface area (Å²) in [6, 6.07) is 9.81. The molecule has 0 aliphatic rings. The van der Waals surface area contributed by atoms with Gasteiger partial charge >= 0.3 is 0 Å². The fourth-order valence-corrected chi connectivity index (χ4v) is 2.01. The predicted octanol–water partition coefficient (Wildman–Crippen LogP) is 3.55. The van der Waals surface area contributed by atoms with Gasteiger partial charge in [0.2, 0.25) is 0 Å². The summed E-state index contributed by atoms with van der Waals surface area (Å²) in [6.45, 7) is 2.04. The van der Waals surface area contributed by atoms with Crippen molar-refractivity contribution in [2.24, 2.45) is 0 Å². The van der Waals surface area contributed by atoms with E-state index in [0.29, 0.717) is 0 Å². The molecule has 16 heavy (non-hydrogen) atoms. The van der Waals surface area contributed by atoms with Gasteiger partial charge in [-0.3, -0.25) is 0 Å². The van der Waals surface area contributed by atoms with Crippen LogP contribution in [0.4, 0.5) is 0 Å². The molecule has 0 saturated heterocycles. The number of furan rings is 1.